The van der Waals surface area contributed by atoms with Crippen molar-refractivity contribution in [2.24, 2.45) is 4.99 Å². The van der Waals surface area contributed by atoms with Crippen LogP contribution in [0.4, 0.5) is 0 Å². The summed E-state index contributed by atoms with van der Waals surface area (Å²) >= 11 is 0. The van der Waals surface area contributed by atoms with E-state index in [0.717, 1.165) is 17.4 Å². The zero-order valence-electron chi connectivity index (χ0n) is 17.9. The Morgan fingerprint density at radius 3 is 2.39 bits per heavy atom. The lowest BCUT2D eigenvalue weighted by Crippen LogP contribution is -2.37. The minimum absolute atomic E-state index is 0.730. The van der Waals surface area contributed by atoms with Gasteiger partial charge in [0.15, 0.2) is 0 Å². The molecule has 1 saturated heterocycles. The van der Waals surface area contributed by atoms with Crippen molar-refractivity contribution in [1.82, 2.24) is 15.5 Å². The second-order valence-electron chi connectivity index (χ2n) is 7.33. The number of fused-ring (bicyclic) bond motifs is 1. The molecule has 0 saturated carbocycles. The van der Waals surface area contributed by atoms with Crippen LogP contribution in [0.15, 0.2) is 59.7 Å². The quantitative estimate of drug-likeness (QED) is 0.612. The standard InChI is InChI=1S/C15H16N2.C9H20N2/c1-3-11-17-15(16-2)14-10-6-8-12-7-4-5-9-13(12)14;1-9(2)11-7-3-5-10-6-4-8-11/h3-11H,1-2H3,(H,16,17);9-10H,3-8H2,1-2H3/b11-3+;. The smallest absolute Gasteiger partial charge is 0.132 e. The minimum atomic E-state index is 0.730. The van der Waals surface area contributed by atoms with Gasteiger partial charge in [0.05, 0.1) is 0 Å². The molecule has 0 atom stereocenters. The summed E-state index contributed by atoms with van der Waals surface area (Å²) in [4.78, 5) is 6.87. The number of hydrogen-bond donors (Lipinski definition) is 2. The Hall–Kier alpha value is -2.17. The molecule has 4 heteroatoms. The predicted octanol–water partition coefficient (Wildman–Crippen LogP) is 4.42. The molecular formula is C24H36N4. The fourth-order valence-corrected chi connectivity index (χ4v) is 3.42. The molecular weight excluding hydrogens is 344 g/mol. The molecule has 0 radical (unpaired) electrons. The van der Waals surface area contributed by atoms with Gasteiger partial charge in [-0.2, -0.15) is 0 Å². The number of rotatable bonds is 3. The van der Waals surface area contributed by atoms with Gasteiger partial charge in [-0.25, -0.2) is 0 Å². The highest BCUT2D eigenvalue weighted by Gasteiger charge is 2.09. The molecule has 1 aliphatic rings. The molecule has 1 heterocycles. The summed E-state index contributed by atoms with van der Waals surface area (Å²) in [6.07, 6.45) is 6.46. The maximum absolute atomic E-state index is 4.30. The van der Waals surface area contributed by atoms with E-state index in [9.17, 15) is 0 Å². The molecule has 152 valence electrons. The summed E-state index contributed by atoms with van der Waals surface area (Å²) in [7, 11) is 1.80. The Morgan fingerprint density at radius 2 is 1.75 bits per heavy atom. The average Bonchev–Trinajstić information content (AvgIpc) is 2.68. The third-order valence-corrected chi connectivity index (χ3v) is 4.98. The molecule has 0 spiro atoms. The molecule has 3 rings (SSSR count). The Kier molecular flexibility index (Phi) is 9.73. The maximum Gasteiger partial charge on any atom is 0.132 e. The summed E-state index contributed by atoms with van der Waals surface area (Å²) in [5.41, 5.74) is 1.13. The number of nitrogens with one attached hydrogen (secondary N) is 2. The van der Waals surface area contributed by atoms with E-state index in [2.05, 4.69) is 70.8 Å². The zero-order valence-corrected chi connectivity index (χ0v) is 17.9. The van der Waals surface area contributed by atoms with Crippen LogP contribution in [-0.4, -0.2) is 50.0 Å². The van der Waals surface area contributed by atoms with Crippen molar-refractivity contribution in [2.75, 3.05) is 33.2 Å². The lowest BCUT2D eigenvalue weighted by Gasteiger charge is -2.28. The Balaban J connectivity index is 0.000000221. The largest absolute Gasteiger partial charge is 0.347 e. The molecule has 28 heavy (non-hydrogen) atoms. The number of nitrogens with zero attached hydrogens (tertiary/aromatic N) is 2. The van der Waals surface area contributed by atoms with Crippen LogP contribution >= 0.6 is 0 Å². The van der Waals surface area contributed by atoms with Gasteiger partial charge in [0.1, 0.15) is 5.84 Å². The second kappa shape index (κ2) is 12.3. The van der Waals surface area contributed by atoms with Crippen molar-refractivity contribution in [1.29, 1.82) is 0 Å². The fourth-order valence-electron chi connectivity index (χ4n) is 3.42. The Bertz CT molecular complexity index is 751. The first-order chi connectivity index (χ1) is 13.7. The van der Waals surface area contributed by atoms with Crippen LogP contribution in [0.1, 0.15) is 39.2 Å². The fraction of sp³-hybridized carbons (Fsp3) is 0.458. The molecule has 1 fully saturated rings. The third kappa shape index (κ3) is 6.77. The van der Waals surface area contributed by atoms with E-state index < -0.39 is 0 Å². The highest BCUT2D eigenvalue weighted by Crippen LogP contribution is 2.18. The molecule has 4 nitrogen and oxygen atoms in total. The molecule has 2 aromatic rings. The average molecular weight is 381 g/mol. The number of benzene rings is 2. The van der Waals surface area contributed by atoms with Gasteiger partial charge in [0.2, 0.25) is 0 Å². The summed E-state index contributed by atoms with van der Waals surface area (Å²) in [6.45, 7) is 11.5. The van der Waals surface area contributed by atoms with Gasteiger partial charge in [0.25, 0.3) is 0 Å². The maximum atomic E-state index is 4.30. The van der Waals surface area contributed by atoms with Gasteiger partial charge in [-0.1, -0.05) is 48.5 Å². The first-order valence-electron chi connectivity index (χ1n) is 10.4. The van der Waals surface area contributed by atoms with E-state index in [1.54, 1.807) is 7.05 Å². The zero-order chi connectivity index (χ0) is 20.2. The minimum Gasteiger partial charge on any atom is -0.347 e. The molecule has 2 N–H and O–H groups in total. The molecule has 0 aromatic heterocycles. The number of hydrogen-bond acceptors (Lipinski definition) is 3. The third-order valence-electron chi connectivity index (χ3n) is 4.98. The van der Waals surface area contributed by atoms with E-state index >= 15 is 0 Å². The number of amidine groups is 1. The van der Waals surface area contributed by atoms with Gasteiger partial charge in [-0.05, 0) is 76.8 Å². The highest BCUT2D eigenvalue weighted by atomic mass is 15.1. The van der Waals surface area contributed by atoms with E-state index in [4.69, 9.17) is 0 Å². The first-order valence-corrected chi connectivity index (χ1v) is 10.4. The summed E-state index contributed by atoms with van der Waals surface area (Å²) < 4.78 is 0. The van der Waals surface area contributed by atoms with E-state index in [1.807, 2.05) is 25.3 Å². The summed E-state index contributed by atoms with van der Waals surface area (Å²) in [5.74, 6) is 0.889. The van der Waals surface area contributed by atoms with Crippen molar-refractivity contribution < 1.29 is 0 Å². The van der Waals surface area contributed by atoms with Crippen LogP contribution in [0.25, 0.3) is 10.8 Å². The van der Waals surface area contributed by atoms with Crippen LogP contribution < -0.4 is 10.6 Å². The number of allylic oxidation sites excluding steroid dienone is 1. The Morgan fingerprint density at radius 1 is 1.07 bits per heavy atom. The van der Waals surface area contributed by atoms with Crippen LogP contribution in [0.5, 0.6) is 0 Å². The normalized spacial score (nSPS) is 16.5. The summed E-state index contributed by atoms with van der Waals surface area (Å²) in [6, 6.07) is 15.3. The van der Waals surface area contributed by atoms with Crippen LogP contribution in [0.3, 0.4) is 0 Å². The monoisotopic (exact) mass is 380 g/mol. The number of aliphatic imine (C=N–C) groups is 1. The molecule has 0 bridgehead atoms. The van der Waals surface area contributed by atoms with Gasteiger partial charge < -0.3 is 15.5 Å². The molecule has 0 unspecified atom stereocenters. The highest BCUT2D eigenvalue weighted by molar-refractivity contribution is 6.10. The van der Waals surface area contributed by atoms with Crippen LogP contribution in [0.2, 0.25) is 0 Å². The second-order valence-corrected chi connectivity index (χ2v) is 7.33. The predicted molar refractivity (Wildman–Crippen MR) is 123 cm³/mol. The summed E-state index contributed by atoms with van der Waals surface area (Å²) in [5, 5.41) is 9.06. The molecule has 1 aliphatic heterocycles. The van der Waals surface area contributed by atoms with Crippen molar-refractivity contribution in [2.45, 2.75) is 39.7 Å². The van der Waals surface area contributed by atoms with Gasteiger partial charge >= 0.3 is 0 Å². The lowest BCUT2D eigenvalue weighted by atomic mass is 10.0. The van der Waals surface area contributed by atoms with Crippen LogP contribution in [-0.2, 0) is 0 Å². The van der Waals surface area contributed by atoms with Crippen molar-refractivity contribution in [3.8, 4) is 0 Å². The van der Waals surface area contributed by atoms with Gasteiger partial charge in [-0.15, -0.1) is 0 Å². The first kappa shape index (κ1) is 22.1. The van der Waals surface area contributed by atoms with Gasteiger partial charge in [-0.3, -0.25) is 4.99 Å². The van der Waals surface area contributed by atoms with Gasteiger partial charge in [0, 0.05) is 18.7 Å². The van der Waals surface area contributed by atoms with E-state index in [0.29, 0.717) is 0 Å². The van der Waals surface area contributed by atoms with E-state index in [-0.39, 0.29) is 0 Å². The molecule has 2 aromatic carbocycles. The lowest BCUT2D eigenvalue weighted by molar-refractivity contribution is 0.206. The van der Waals surface area contributed by atoms with E-state index in [1.165, 1.54) is 49.8 Å². The van der Waals surface area contributed by atoms with Crippen molar-refractivity contribution >= 4 is 16.6 Å². The Labute approximate surface area is 170 Å². The van der Waals surface area contributed by atoms with Crippen molar-refractivity contribution in [3.63, 3.8) is 0 Å². The SMILES string of the molecule is C/C=C/NC(=NC)c1cccc2ccccc12.CC(C)N1CCCNCCC1. The molecule has 0 amide bonds. The van der Waals surface area contributed by atoms with Crippen LogP contribution in [0, 0.1) is 0 Å². The topological polar surface area (TPSA) is 39.7 Å². The van der Waals surface area contributed by atoms with Crippen molar-refractivity contribution in [3.05, 3.63) is 60.3 Å². The molecule has 0 aliphatic carbocycles.